The average molecular weight is 174 g/mol. The minimum absolute atomic E-state index is 0.996. The van der Waals surface area contributed by atoms with E-state index in [0.29, 0.717) is 0 Å². The quantitative estimate of drug-likeness (QED) is 0.591. The van der Waals surface area contributed by atoms with Gasteiger partial charge in [0.05, 0.1) is 0 Å². The van der Waals surface area contributed by atoms with Crippen molar-refractivity contribution in [2.75, 3.05) is 14.2 Å². The van der Waals surface area contributed by atoms with Crippen LogP contribution in [-0.2, 0) is 8.85 Å². The average Bonchev–Trinajstić information content (AvgIpc) is 1.95. The summed E-state index contributed by atoms with van der Waals surface area (Å²) < 4.78 is 10.5. The molecule has 0 amide bonds. The SMILES string of the molecule is CO[SiH](CCC1CCC1)OC. The fourth-order valence-corrected chi connectivity index (χ4v) is 2.89. The van der Waals surface area contributed by atoms with Crippen molar-refractivity contribution in [3.05, 3.63) is 0 Å². The summed E-state index contributed by atoms with van der Waals surface area (Å²) in [7, 11) is 2.30. The van der Waals surface area contributed by atoms with Gasteiger partial charge >= 0.3 is 9.28 Å². The summed E-state index contributed by atoms with van der Waals surface area (Å²) in [4.78, 5) is 0. The van der Waals surface area contributed by atoms with Gasteiger partial charge in [0.1, 0.15) is 0 Å². The molecule has 1 aliphatic rings. The maximum Gasteiger partial charge on any atom is 0.320 e. The van der Waals surface area contributed by atoms with Crippen LogP contribution in [0.2, 0.25) is 6.04 Å². The molecule has 0 spiro atoms. The van der Waals surface area contributed by atoms with E-state index < -0.39 is 9.28 Å². The Morgan fingerprint density at radius 3 is 2.27 bits per heavy atom. The minimum Gasteiger partial charge on any atom is -0.400 e. The largest absolute Gasteiger partial charge is 0.400 e. The molecular formula is C8H18O2Si. The first-order chi connectivity index (χ1) is 5.36. The zero-order chi connectivity index (χ0) is 8.10. The molecule has 0 unspecified atom stereocenters. The van der Waals surface area contributed by atoms with E-state index in [-0.39, 0.29) is 0 Å². The molecular weight excluding hydrogens is 156 g/mol. The molecule has 1 rings (SSSR count). The van der Waals surface area contributed by atoms with Crippen LogP contribution >= 0.6 is 0 Å². The van der Waals surface area contributed by atoms with Crippen molar-refractivity contribution in [2.24, 2.45) is 5.92 Å². The Morgan fingerprint density at radius 1 is 1.27 bits per heavy atom. The second kappa shape index (κ2) is 4.90. The van der Waals surface area contributed by atoms with Gasteiger partial charge in [-0.2, -0.15) is 0 Å². The minimum atomic E-state index is -1.23. The van der Waals surface area contributed by atoms with Crippen LogP contribution in [0.1, 0.15) is 25.7 Å². The second-order valence-electron chi connectivity index (χ2n) is 3.28. The number of hydrogen-bond donors (Lipinski definition) is 0. The van der Waals surface area contributed by atoms with Crippen LogP contribution in [-0.4, -0.2) is 23.5 Å². The van der Waals surface area contributed by atoms with E-state index in [9.17, 15) is 0 Å². The number of hydrogen-bond acceptors (Lipinski definition) is 2. The molecule has 1 aliphatic carbocycles. The normalized spacial score (nSPS) is 18.8. The topological polar surface area (TPSA) is 18.5 Å². The third-order valence-corrected chi connectivity index (χ3v) is 4.42. The molecule has 1 fully saturated rings. The predicted octanol–water partition coefficient (Wildman–Crippen LogP) is 1.69. The monoisotopic (exact) mass is 174 g/mol. The highest BCUT2D eigenvalue weighted by atomic mass is 28.3. The fraction of sp³-hybridized carbons (Fsp3) is 1.00. The van der Waals surface area contributed by atoms with Crippen LogP contribution in [0.4, 0.5) is 0 Å². The van der Waals surface area contributed by atoms with Crippen LogP contribution in [0.15, 0.2) is 0 Å². The lowest BCUT2D eigenvalue weighted by molar-refractivity contribution is 0.258. The van der Waals surface area contributed by atoms with E-state index in [1.165, 1.54) is 31.7 Å². The van der Waals surface area contributed by atoms with Crippen molar-refractivity contribution in [1.82, 2.24) is 0 Å². The van der Waals surface area contributed by atoms with Crippen LogP contribution in [0.3, 0.4) is 0 Å². The summed E-state index contributed by atoms with van der Waals surface area (Å²) in [5, 5.41) is 0. The van der Waals surface area contributed by atoms with Crippen molar-refractivity contribution in [3.63, 3.8) is 0 Å². The van der Waals surface area contributed by atoms with Gasteiger partial charge < -0.3 is 8.85 Å². The standard InChI is InChI=1S/C8H18O2Si/c1-9-11(10-2)7-6-8-4-3-5-8/h8,11H,3-7H2,1-2H3. The van der Waals surface area contributed by atoms with Crippen LogP contribution in [0.5, 0.6) is 0 Å². The van der Waals surface area contributed by atoms with E-state index in [1.54, 1.807) is 14.2 Å². The Balaban J connectivity index is 1.99. The highest BCUT2D eigenvalue weighted by Gasteiger charge is 2.19. The van der Waals surface area contributed by atoms with Gasteiger partial charge in [0.25, 0.3) is 0 Å². The zero-order valence-electron chi connectivity index (χ0n) is 7.51. The van der Waals surface area contributed by atoms with Crippen molar-refractivity contribution >= 4 is 9.28 Å². The molecule has 0 atom stereocenters. The smallest absolute Gasteiger partial charge is 0.320 e. The van der Waals surface area contributed by atoms with E-state index in [2.05, 4.69) is 0 Å². The van der Waals surface area contributed by atoms with Gasteiger partial charge in [0, 0.05) is 14.2 Å². The maximum absolute atomic E-state index is 5.24. The molecule has 1 saturated carbocycles. The Hall–Kier alpha value is 0.137. The molecule has 66 valence electrons. The molecule has 0 aromatic heterocycles. The lowest BCUT2D eigenvalue weighted by atomic mass is 9.84. The Kier molecular flexibility index (Phi) is 4.11. The highest BCUT2D eigenvalue weighted by Crippen LogP contribution is 2.30. The van der Waals surface area contributed by atoms with Gasteiger partial charge in [-0.05, 0) is 18.4 Å². The highest BCUT2D eigenvalue weighted by molar-refractivity contribution is 6.44. The van der Waals surface area contributed by atoms with Gasteiger partial charge in [-0.1, -0.05) is 19.3 Å². The molecule has 0 radical (unpaired) electrons. The van der Waals surface area contributed by atoms with Crippen molar-refractivity contribution in [2.45, 2.75) is 31.7 Å². The van der Waals surface area contributed by atoms with Gasteiger partial charge in [-0.3, -0.25) is 0 Å². The van der Waals surface area contributed by atoms with Crippen LogP contribution in [0, 0.1) is 5.92 Å². The molecule has 0 saturated heterocycles. The van der Waals surface area contributed by atoms with Gasteiger partial charge in [-0.25, -0.2) is 0 Å². The van der Waals surface area contributed by atoms with E-state index >= 15 is 0 Å². The Labute approximate surface area is 70.7 Å². The Morgan fingerprint density at radius 2 is 1.91 bits per heavy atom. The second-order valence-corrected chi connectivity index (χ2v) is 5.65. The van der Waals surface area contributed by atoms with Gasteiger partial charge in [-0.15, -0.1) is 0 Å². The van der Waals surface area contributed by atoms with E-state index in [4.69, 9.17) is 8.85 Å². The lowest BCUT2D eigenvalue weighted by Crippen LogP contribution is -2.21. The molecule has 11 heavy (non-hydrogen) atoms. The summed E-state index contributed by atoms with van der Waals surface area (Å²) >= 11 is 0. The predicted molar refractivity (Wildman–Crippen MR) is 47.9 cm³/mol. The zero-order valence-corrected chi connectivity index (χ0v) is 8.66. The molecule has 2 nitrogen and oxygen atoms in total. The molecule has 3 heteroatoms. The molecule has 0 aromatic carbocycles. The third kappa shape index (κ3) is 2.93. The summed E-state index contributed by atoms with van der Waals surface area (Å²) in [6.45, 7) is 0. The van der Waals surface area contributed by atoms with Crippen molar-refractivity contribution in [3.8, 4) is 0 Å². The molecule has 0 aliphatic heterocycles. The maximum atomic E-state index is 5.24. The van der Waals surface area contributed by atoms with Crippen LogP contribution in [0.25, 0.3) is 0 Å². The molecule has 0 N–H and O–H groups in total. The number of rotatable bonds is 5. The summed E-state index contributed by atoms with van der Waals surface area (Å²) in [5.41, 5.74) is 0. The third-order valence-electron chi connectivity index (χ3n) is 2.56. The van der Waals surface area contributed by atoms with E-state index in [0.717, 1.165) is 5.92 Å². The first-order valence-corrected chi connectivity index (χ1v) is 6.18. The summed E-state index contributed by atoms with van der Waals surface area (Å²) in [6.07, 6.45) is 5.65. The summed E-state index contributed by atoms with van der Waals surface area (Å²) in [6, 6.07) is 1.19. The lowest BCUT2D eigenvalue weighted by Gasteiger charge is -2.25. The van der Waals surface area contributed by atoms with Crippen LogP contribution < -0.4 is 0 Å². The van der Waals surface area contributed by atoms with Crippen molar-refractivity contribution in [1.29, 1.82) is 0 Å². The summed E-state index contributed by atoms with van der Waals surface area (Å²) in [5.74, 6) is 0.996. The molecule has 0 bridgehead atoms. The fourth-order valence-electron chi connectivity index (χ4n) is 1.49. The first kappa shape index (κ1) is 9.23. The Bertz CT molecular complexity index is 100. The van der Waals surface area contributed by atoms with Crippen molar-refractivity contribution < 1.29 is 8.85 Å². The van der Waals surface area contributed by atoms with Gasteiger partial charge in [0.15, 0.2) is 0 Å². The van der Waals surface area contributed by atoms with Gasteiger partial charge in [0.2, 0.25) is 0 Å². The molecule has 0 aromatic rings. The first-order valence-electron chi connectivity index (χ1n) is 4.42. The molecule has 0 heterocycles. The van der Waals surface area contributed by atoms with E-state index in [1.807, 2.05) is 0 Å².